The van der Waals surface area contributed by atoms with Crippen molar-refractivity contribution in [2.24, 2.45) is 0 Å². The van der Waals surface area contributed by atoms with Crippen molar-refractivity contribution in [3.63, 3.8) is 0 Å². The minimum absolute atomic E-state index is 0.199. The van der Waals surface area contributed by atoms with Gasteiger partial charge >= 0.3 is 5.91 Å². The zero-order valence-electron chi connectivity index (χ0n) is 12.2. The topological polar surface area (TPSA) is 49.4 Å². The van der Waals surface area contributed by atoms with E-state index in [-0.39, 0.29) is 12.5 Å². The molecule has 1 amide bonds. The molecule has 0 radical (unpaired) electrons. The summed E-state index contributed by atoms with van der Waals surface area (Å²) in [6.07, 6.45) is 4.70. The Morgan fingerprint density at radius 2 is 2.19 bits per heavy atom. The van der Waals surface area contributed by atoms with Crippen molar-refractivity contribution in [1.29, 1.82) is 0 Å². The van der Waals surface area contributed by atoms with Crippen LogP contribution in [0.4, 0.5) is 0 Å². The van der Waals surface area contributed by atoms with Crippen molar-refractivity contribution in [2.75, 3.05) is 6.61 Å². The molecule has 0 aromatic heterocycles. The summed E-state index contributed by atoms with van der Waals surface area (Å²) in [5.41, 5.74) is 4.46. The number of ether oxygens (including phenoxy) is 1. The fourth-order valence-corrected chi connectivity index (χ4v) is 2.83. The molecule has 4 heteroatoms. The summed E-state index contributed by atoms with van der Waals surface area (Å²) in [7, 11) is 0. The van der Waals surface area contributed by atoms with Gasteiger partial charge in [0.2, 0.25) is 0 Å². The molecule has 1 aromatic rings. The Bertz CT molecular complexity index is 623. The van der Waals surface area contributed by atoms with Gasteiger partial charge in [0, 0.05) is 18.1 Å². The smallest absolute Gasteiger partial charge is 0.347 e. The van der Waals surface area contributed by atoms with E-state index in [1.807, 2.05) is 12.1 Å². The predicted molar refractivity (Wildman–Crippen MR) is 79.0 cm³/mol. The number of carbonyl (C=O) groups is 1. The Labute approximate surface area is 124 Å². The Hall–Kier alpha value is -1.87. The van der Waals surface area contributed by atoms with E-state index in [2.05, 4.69) is 5.73 Å². The summed E-state index contributed by atoms with van der Waals surface area (Å²) in [5, 5.41) is 12.9. The highest BCUT2D eigenvalue weighted by molar-refractivity contribution is 5.93. The van der Waals surface area contributed by atoms with Gasteiger partial charge in [-0.1, -0.05) is 23.9 Å². The van der Waals surface area contributed by atoms with E-state index in [1.54, 1.807) is 25.1 Å². The average molecular weight is 285 g/mol. The van der Waals surface area contributed by atoms with Gasteiger partial charge in [-0.25, -0.2) is 4.79 Å². The first-order valence-corrected chi connectivity index (χ1v) is 7.41. The van der Waals surface area contributed by atoms with Gasteiger partial charge in [0.05, 0.1) is 12.2 Å². The first kappa shape index (κ1) is 14.1. The normalized spacial score (nSPS) is 25.8. The second-order valence-corrected chi connectivity index (χ2v) is 5.70. The lowest BCUT2D eigenvalue weighted by atomic mass is 10.1. The molecule has 0 bridgehead atoms. The fourth-order valence-electron chi connectivity index (χ4n) is 2.83. The Kier molecular flexibility index (Phi) is 3.68. The standard InChI is InChI=1S/C17H19NO3/c1-13(9-10-15-7-4-5-11-21-15)18(20)12-14-6-2-3-8-16(14)17(18)19/h2-3,6,8-9,13H,4-5,7,11-12H2,1H3/t10?,13-,18?/m0/s1. The van der Waals surface area contributed by atoms with Crippen molar-refractivity contribution in [1.82, 2.24) is 0 Å². The third kappa shape index (κ3) is 2.54. The molecular weight excluding hydrogens is 266 g/mol. The summed E-state index contributed by atoms with van der Waals surface area (Å²) < 4.78 is 4.63. The largest absolute Gasteiger partial charge is 0.624 e. The quantitative estimate of drug-likeness (QED) is 0.476. The molecular formula is C17H19NO3. The first-order valence-electron chi connectivity index (χ1n) is 7.41. The number of hydrogen-bond donors (Lipinski definition) is 0. The molecule has 2 heterocycles. The van der Waals surface area contributed by atoms with Crippen LogP contribution in [-0.2, 0) is 11.3 Å². The highest BCUT2D eigenvalue weighted by Gasteiger charge is 2.41. The third-order valence-electron chi connectivity index (χ3n) is 4.21. The van der Waals surface area contributed by atoms with Crippen LogP contribution in [0.2, 0.25) is 0 Å². The molecule has 1 fully saturated rings. The number of fused-ring (bicyclic) bond motifs is 1. The van der Waals surface area contributed by atoms with E-state index in [0.717, 1.165) is 30.6 Å². The lowest BCUT2D eigenvalue weighted by Crippen LogP contribution is -2.48. The summed E-state index contributed by atoms with van der Waals surface area (Å²) in [6, 6.07) is 6.77. The highest BCUT2D eigenvalue weighted by Crippen LogP contribution is 2.32. The van der Waals surface area contributed by atoms with Crippen molar-refractivity contribution < 1.29 is 14.2 Å². The van der Waals surface area contributed by atoms with Gasteiger partial charge < -0.3 is 9.94 Å². The average Bonchev–Trinajstić information content (AvgIpc) is 2.79. The molecule has 1 aromatic carbocycles. The molecule has 3 rings (SSSR count). The molecule has 2 aliphatic heterocycles. The summed E-state index contributed by atoms with van der Waals surface area (Å²) in [6.45, 7) is 2.68. The van der Waals surface area contributed by atoms with Gasteiger partial charge in [0.1, 0.15) is 18.3 Å². The van der Waals surface area contributed by atoms with Crippen molar-refractivity contribution >= 4 is 5.91 Å². The lowest BCUT2D eigenvalue weighted by Gasteiger charge is -2.39. The van der Waals surface area contributed by atoms with E-state index in [4.69, 9.17) is 4.74 Å². The fraction of sp³-hybridized carbons (Fsp3) is 0.412. The number of rotatable bonds is 2. The maximum absolute atomic E-state index is 12.9. The maximum Gasteiger partial charge on any atom is 0.347 e. The van der Waals surface area contributed by atoms with Crippen LogP contribution >= 0.6 is 0 Å². The van der Waals surface area contributed by atoms with Crippen LogP contribution in [0.3, 0.4) is 0 Å². The lowest BCUT2D eigenvalue weighted by molar-refractivity contribution is -0.825. The Balaban J connectivity index is 1.83. The monoisotopic (exact) mass is 285 g/mol. The molecule has 0 N–H and O–H groups in total. The predicted octanol–water partition coefficient (Wildman–Crippen LogP) is 3.28. The van der Waals surface area contributed by atoms with Gasteiger partial charge in [-0.3, -0.25) is 4.65 Å². The Morgan fingerprint density at radius 3 is 2.90 bits per heavy atom. The van der Waals surface area contributed by atoms with Crippen LogP contribution in [-0.4, -0.2) is 23.2 Å². The van der Waals surface area contributed by atoms with E-state index < -0.39 is 10.7 Å². The minimum atomic E-state index is -0.861. The number of hydrogen-bond acceptors (Lipinski definition) is 3. The van der Waals surface area contributed by atoms with Gasteiger partial charge in [-0.2, -0.15) is 0 Å². The molecule has 4 nitrogen and oxygen atoms in total. The van der Waals surface area contributed by atoms with Crippen LogP contribution in [0.1, 0.15) is 42.1 Å². The van der Waals surface area contributed by atoms with Gasteiger partial charge in [-0.05, 0) is 25.8 Å². The Morgan fingerprint density at radius 1 is 1.38 bits per heavy atom. The number of nitrogens with zero attached hydrogens (tertiary/aromatic N) is 1. The van der Waals surface area contributed by atoms with Crippen molar-refractivity contribution in [2.45, 2.75) is 38.8 Å². The van der Waals surface area contributed by atoms with Crippen LogP contribution < -0.4 is 0 Å². The number of carbonyl (C=O) groups excluding carboxylic acids is 1. The molecule has 0 spiro atoms. The molecule has 110 valence electrons. The second-order valence-electron chi connectivity index (χ2n) is 5.70. The van der Waals surface area contributed by atoms with Crippen LogP contribution in [0.15, 0.2) is 41.8 Å². The second kappa shape index (κ2) is 5.49. The summed E-state index contributed by atoms with van der Waals surface area (Å²) >= 11 is 0. The SMILES string of the molecule is C[C@@H](C=C=C1CCCCO1)[N+]1([O-])Cc2ccccc2C1=O. The zero-order chi connectivity index (χ0) is 14.9. The van der Waals surface area contributed by atoms with Gasteiger partial charge in [0.25, 0.3) is 0 Å². The number of hydroxylamine groups is 3. The maximum atomic E-state index is 12.9. The molecule has 0 aliphatic carbocycles. The van der Waals surface area contributed by atoms with Gasteiger partial charge in [-0.15, -0.1) is 0 Å². The highest BCUT2D eigenvalue weighted by atomic mass is 16.6. The minimum Gasteiger partial charge on any atom is -0.624 e. The number of quaternary nitrogens is 1. The molecule has 2 atom stereocenters. The van der Waals surface area contributed by atoms with Crippen molar-refractivity contribution in [3.05, 3.63) is 58.2 Å². The summed E-state index contributed by atoms with van der Waals surface area (Å²) in [5.74, 6) is 0.439. The zero-order valence-corrected chi connectivity index (χ0v) is 12.2. The molecule has 1 unspecified atom stereocenters. The number of amides is 1. The van der Waals surface area contributed by atoms with Crippen LogP contribution in [0.5, 0.6) is 0 Å². The number of benzene rings is 1. The van der Waals surface area contributed by atoms with E-state index in [9.17, 15) is 10.0 Å². The van der Waals surface area contributed by atoms with Crippen LogP contribution in [0, 0.1) is 5.21 Å². The van der Waals surface area contributed by atoms with E-state index in [0.29, 0.717) is 12.2 Å². The van der Waals surface area contributed by atoms with Crippen LogP contribution in [0.25, 0.3) is 0 Å². The van der Waals surface area contributed by atoms with Crippen molar-refractivity contribution in [3.8, 4) is 0 Å². The van der Waals surface area contributed by atoms with E-state index >= 15 is 0 Å². The molecule has 2 aliphatic rings. The van der Waals surface area contributed by atoms with E-state index in [1.165, 1.54) is 0 Å². The summed E-state index contributed by atoms with van der Waals surface area (Å²) in [4.78, 5) is 12.4. The van der Waals surface area contributed by atoms with Gasteiger partial charge in [0.15, 0.2) is 0 Å². The molecule has 0 saturated carbocycles. The molecule has 21 heavy (non-hydrogen) atoms. The first-order chi connectivity index (χ1) is 10.1. The third-order valence-corrected chi connectivity index (χ3v) is 4.21. The molecule has 1 saturated heterocycles.